The number of hydrogen-bond acceptors (Lipinski definition) is 7. The third kappa shape index (κ3) is 5.22. The number of halogens is 3. The Labute approximate surface area is 192 Å². The van der Waals surface area contributed by atoms with Gasteiger partial charge in [-0.15, -0.1) is 5.10 Å². The first-order valence-electron chi connectivity index (χ1n) is 10.1. The molecule has 178 valence electrons. The number of H-pyrrole nitrogens is 1. The number of anilines is 1. The van der Waals surface area contributed by atoms with Crippen LogP contribution >= 0.6 is 0 Å². The number of urea groups is 1. The van der Waals surface area contributed by atoms with Gasteiger partial charge in [-0.25, -0.2) is 9.78 Å². The Balaban J connectivity index is 1.74. The number of ether oxygens (including phenoxy) is 1. The summed E-state index contributed by atoms with van der Waals surface area (Å²) in [5.74, 6) is 0.238. The average Bonchev–Trinajstić information content (AvgIpc) is 3.17. The van der Waals surface area contributed by atoms with Gasteiger partial charge in [-0.1, -0.05) is 0 Å². The van der Waals surface area contributed by atoms with Gasteiger partial charge in [0.2, 0.25) is 5.88 Å². The summed E-state index contributed by atoms with van der Waals surface area (Å²) in [5, 5.41) is 27.9. The van der Waals surface area contributed by atoms with Crippen LogP contribution in [0.4, 0.5) is 23.7 Å². The van der Waals surface area contributed by atoms with Crippen molar-refractivity contribution in [2.45, 2.75) is 40.4 Å². The molecule has 3 aromatic heterocycles. The zero-order valence-corrected chi connectivity index (χ0v) is 18.8. The minimum Gasteiger partial charge on any atom is -0.478 e. The molecule has 3 aromatic rings. The molecule has 0 saturated carbocycles. The van der Waals surface area contributed by atoms with Gasteiger partial charge in [0.1, 0.15) is 11.8 Å². The van der Waals surface area contributed by atoms with Gasteiger partial charge in [-0.2, -0.15) is 28.6 Å². The van der Waals surface area contributed by atoms with E-state index < -0.39 is 17.9 Å². The normalized spacial score (nSPS) is 11.1. The highest BCUT2D eigenvalue weighted by atomic mass is 19.4. The van der Waals surface area contributed by atoms with Gasteiger partial charge < -0.3 is 15.4 Å². The summed E-state index contributed by atoms with van der Waals surface area (Å²) in [5.41, 5.74) is 0.779. The van der Waals surface area contributed by atoms with Crippen LogP contribution in [0.5, 0.6) is 5.88 Å². The molecule has 0 atom stereocenters. The molecule has 3 heterocycles. The highest BCUT2D eigenvalue weighted by Gasteiger charge is 2.38. The standard InChI is InChI=1S/C21H21F3N8O2/c1-5-34-19-11(3)15(7-13(8-25)27-19)28-20(33)26-9-14-6-10(2)17(31-30-14)16-12(4)29-32-18(16)21(22,23)24/h6-7H,5,9H2,1-4H3,(H,29,32)(H2,26,27,28,33). The summed E-state index contributed by atoms with van der Waals surface area (Å²) < 4.78 is 45.2. The summed E-state index contributed by atoms with van der Waals surface area (Å²) >= 11 is 0. The van der Waals surface area contributed by atoms with Crippen molar-refractivity contribution in [3.63, 3.8) is 0 Å². The van der Waals surface area contributed by atoms with E-state index in [1.165, 1.54) is 19.1 Å². The summed E-state index contributed by atoms with van der Waals surface area (Å²) in [6.45, 7) is 6.82. The topological polar surface area (TPSA) is 142 Å². The van der Waals surface area contributed by atoms with Crippen molar-refractivity contribution in [3.05, 3.63) is 46.0 Å². The number of aromatic amines is 1. The predicted molar refractivity (Wildman–Crippen MR) is 115 cm³/mol. The fourth-order valence-corrected chi connectivity index (χ4v) is 3.19. The number of rotatable bonds is 6. The first kappa shape index (κ1) is 24.4. The molecule has 0 saturated heterocycles. The van der Waals surface area contributed by atoms with Crippen LogP contribution < -0.4 is 15.4 Å². The second-order valence-electron chi connectivity index (χ2n) is 7.27. The number of amides is 2. The van der Waals surface area contributed by atoms with Gasteiger partial charge in [0.15, 0.2) is 5.69 Å². The van der Waals surface area contributed by atoms with Crippen LogP contribution in [0.3, 0.4) is 0 Å². The third-order valence-corrected chi connectivity index (χ3v) is 4.79. The SMILES string of the molecule is CCOc1nc(C#N)cc(NC(=O)NCc2cc(C)c(-c3c(C(F)(F)F)n[nH]c3C)nn2)c1C. The molecule has 0 radical (unpaired) electrons. The van der Waals surface area contributed by atoms with Crippen LogP contribution in [0.2, 0.25) is 0 Å². The molecule has 0 aliphatic carbocycles. The van der Waals surface area contributed by atoms with E-state index in [2.05, 4.69) is 36.0 Å². The maximum Gasteiger partial charge on any atom is 0.435 e. The van der Waals surface area contributed by atoms with Crippen LogP contribution in [0.15, 0.2) is 12.1 Å². The third-order valence-electron chi connectivity index (χ3n) is 4.79. The first-order valence-corrected chi connectivity index (χ1v) is 10.1. The number of aryl methyl sites for hydroxylation is 2. The molecule has 0 unspecified atom stereocenters. The quantitative estimate of drug-likeness (QED) is 0.493. The van der Waals surface area contributed by atoms with Crippen LogP contribution in [-0.2, 0) is 12.7 Å². The maximum atomic E-state index is 13.3. The molecular weight excluding hydrogens is 453 g/mol. The van der Waals surface area contributed by atoms with Crippen molar-refractivity contribution in [1.82, 2.24) is 30.7 Å². The van der Waals surface area contributed by atoms with Gasteiger partial charge in [0.05, 0.1) is 35.8 Å². The number of alkyl halides is 3. The van der Waals surface area contributed by atoms with E-state index >= 15 is 0 Å². The Bertz CT molecular complexity index is 1260. The summed E-state index contributed by atoms with van der Waals surface area (Å²) in [6.07, 6.45) is -4.65. The molecule has 13 heteroatoms. The second-order valence-corrected chi connectivity index (χ2v) is 7.27. The molecule has 0 aliphatic rings. The number of hydrogen-bond donors (Lipinski definition) is 3. The Morgan fingerprint density at radius 1 is 1.24 bits per heavy atom. The molecule has 0 spiro atoms. The van der Waals surface area contributed by atoms with Crippen molar-refractivity contribution >= 4 is 11.7 Å². The Kier molecular flexibility index (Phi) is 7.00. The van der Waals surface area contributed by atoms with Gasteiger partial charge in [-0.05, 0) is 45.4 Å². The molecular formula is C21H21F3N8O2. The molecule has 0 bridgehead atoms. The number of nitrogens with zero attached hydrogens (tertiary/aromatic N) is 5. The Hall–Kier alpha value is -4.21. The summed E-state index contributed by atoms with van der Waals surface area (Å²) in [6, 6.07) is 4.27. The van der Waals surface area contributed by atoms with E-state index in [4.69, 9.17) is 10.00 Å². The zero-order chi connectivity index (χ0) is 25.0. The lowest BCUT2D eigenvalue weighted by Crippen LogP contribution is -2.29. The second kappa shape index (κ2) is 9.74. The molecule has 0 fully saturated rings. The summed E-state index contributed by atoms with van der Waals surface area (Å²) in [4.78, 5) is 16.5. The molecule has 3 rings (SSSR count). The van der Waals surface area contributed by atoms with E-state index in [0.29, 0.717) is 29.1 Å². The zero-order valence-electron chi connectivity index (χ0n) is 18.8. The highest BCUT2D eigenvalue weighted by Crippen LogP contribution is 2.37. The van der Waals surface area contributed by atoms with Crippen molar-refractivity contribution in [1.29, 1.82) is 5.26 Å². The lowest BCUT2D eigenvalue weighted by atomic mass is 10.0. The lowest BCUT2D eigenvalue weighted by molar-refractivity contribution is -0.140. The smallest absolute Gasteiger partial charge is 0.435 e. The van der Waals surface area contributed by atoms with Crippen LogP contribution in [0.1, 0.15) is 40.8 Å². The molecule has 2 amide bonds. The van der Waals surface area contributed by atoms with Gasteiger partial charge in [0.25, 0.3) is 0 Å². The highest BCUT2D eigenvalue weighted by molar-refractivity contribution is 5.90. The summed E-state index contributed by atoms with van der Waals surface area (Å²) in [7, 11) is 0. The molecule has 0 aromatic carbocycles. The van der Waals surface area contributed by atoms with Crippen molar-refractivity contribution < 1.29 is 22.7 Å². The van der Waals surface area contributed by atoms with E-state index in [-0.39, 0.29) is 35.1 Å². The van der Waals surface area contributed by atoms with E-state index in [1.807, 2.05) is 6.07 Å². The van der Waals surface area contributed by atoms with E-state index in [9.17, 15) is 18.0 Å². The van der Waals surface area contributed by atoms with Crippen LogP contribution in [-0.4, -0.2) is 38.0 Å². The minimum absolute atomic E-state index is 0.0377. The Morgan fingerprint density at radius 2 is 1.97 bits per heavy atom. The van der Waals surface area contributed by atoms with Crippen molar-refractivity contribution in [2.75, 3.05) is 11.9 Å². The molecule has 0 aliphatic heterocycles. The Morgan fingerprint density at radius 3 is 2.59 bits per heavy atom. The fourth-order valence-electron chi connectivity index (χ4n) is 3.19. The first-order chi connectivity index (χ1) is 16.0. The number of nitrogens with one attached hydrogen (secondary N) is 3. The number of nitriles is 1. The van der Waals surface area contributed by atoms with Gasteiger partial charge >= 0.3 is 12.2 Å². The number of pyridine rings is 1. The fraction of sp³-hybridized carbons (Fsp3) is 0.333. The largest absolute Gasteiger partial charge is 0.478 e. The molecule has 10 nitrogen and oxygen atoms in total. The maximum absolute atomic E-state index is 13.3. The van der Waals surface area contributed by atoms with E-state index in [0.717, 1.165) is 0 Å². The van der Waals surface area contributed by atoms with Crippen molar-refractivity contribution in [2.24, 2.45) is 0 Å². The number of aromatic nitrogens is 5. The number of carbonyl (C=O) groups excluding carboxylic acids is 1. The van der Waals surface area contributed by atoms with Crippen LogP contribution in [0.25, 0.3) is 11.3 Å². The van der Waals surface area contributed by atoms with Gasteiger partial charge in [-0.3, -0.25) is 5.10 Å². The van der Waals surface area contributed by atoms with Crippen LogP contribution in [0, 0.1) is 32.1 Å². The van der Waals surface area contributed by atoms with Crippen molar-refractivity contribution in [3.8, 4) is 23.2 Å². The van der Waals surface area contributed by atoms with E-state index in [1.54, 1.807) is 20.8 Å². The predicted octanol–water partition coefficient (Wildman–Crippen LogP) is 3.80. The van der Waals surface area contributed by atoms with Gasteiger partial charge in [0, 0.05) is 11.3 Å². The average molecular weight is 474 g/mol. The molecule has 3 N–H and O–H groups in total. The monoisotopic (exact) mass is 474 g/mol. The molecule has 34 heavy (non-hydrogen) atoms. The minimum atomic E-state index is -4.65. The number of carbonyl (C=O) groups is 1. The lowest BCUT2D eigenvalue weighted by Gasteiger charge is -2.13.